The van der Waals surface area contributed by atoms with Gasteiger partial charge >= 0.3 is 6.18 Å². The summed E-state index contributed by atoms with van der Waals surface area (Å²) in [4.78, 5) is 4.01. The van der Waals surface area contributed by atoms with Gasteiger partial charge < -0.3 is 0 Å². The molecule has 86 valence electrons. The van der Waals surface area contributed by atoms with Crippen LogP contribution >= 0.6 is 0 Å². The van der Waals surface area contributed by atoms with E-state index in [-0.39, 0.29) is 5.22 Å². The summed E-state index contributed by atoms with van der Waals surface area (Å²) in [6.45, 7) is 3.38. The molecule has 1 aliphatic heterocycles. The van der Waals surface area contributed by atoms with Crippen LogP contribution in [0.25, 0.3) is 12.3 Å². The lowest BCUT2D eigenvalue weighted by molar-refractivity contribution is -0.138. The van der Waals surface area contributed by atoms with Crippen LogP contribution in [0.15, 0.2) is 35.3 Å². The van der Waals surface area contributed by atoms with Crippen LogP contribution in [-0.2, 0) is 6.18 Å². The van der Waals surface area contributed by atoms with Gasteiger partial charge in [0.25, 0.3) is 0 Å². The molecule has 0 bridgehead atoms. The van der Waals surface area contributed by atoms with Crippen molar-refractivity contribution in [1.82, 2.24) is 0 Å². The second-order valence-corrected chi connectivity index (χ2v) is 3.58. The largest absolute Gasteiger partial charge is 0.416 e. The number of allylic oxidation sites excluding steroid dienone is 1. The standard InChI is InChI=1S/C13H9F3N/c1-9-5-6-10(8-11(9)13(14,15)16)12-4-2-3-7-17-12/h2-8H,1H2/q+1. The minimum atomic E-state index is -4.39. The molecule has 4 heteroatoms. The van der Waals surface area contributed by atoms with Crippen LogP contribution in [0.4, 0.5) is 13.2 Å². The maximum Gasteiger partial charge on any atom is 0.416 e. The SMILES string of the molecule is C=c1ccc(=C2C=C[CH+]C=N2)cc1C(F)(F)F. The smallest absolute Gasteiger partial charge is 0.213 e. The second kappa shape index (κ2) is 4.13. The van der Waals surface area contributed by atoms with E-state index < -0.39 is 11.7 Å². The first-order valence-corrected chi connectivity index (χ1v) is 4.93. The van der Waals surface area contributed by atoms with Crippen LogP contribution in [0.5, 0.6) is 0 Å². The van der Waals surface area contributed by atoms with Crippen molar-refractivity contribution in [3.8, 4) is 0 Å². The average Bonchev–Trinajstić information content (AvgIpc) is 2.29. The molecule has 0 spiro atoms. The first-order chi connectivity index (χ1) is 7.98. The van der Waals surface area contributed by atoms with Crippen LogP contribution < -0.4 is 10.4 Å². The van der Waals surface area contributed by atoms with E-state index in [9.17, 15) is 13.2 Å². The molecule has 1 aromatic carbocycles. The first-order valence-electron chi connectivity index (χ1n) is 4.93. The minimum absolute atomic E-state index is 0.0304. The number of hydrogen-bond donors (Lipinski definition) is 0. The second-order valence-electron chi connectivity index (χ2n) is 3.58. The number of nitrogens with zero attached hydrogens (tertiary/aromatic N) is 1. The van der Waals surface area contributed by atoms with Crippen LogP contribution in [0.1, 0.15) is 5.56 Å². The fraction of sp³-hybridized carbons (Fsp3) is 0.0769. The molecule has 0 atom stereocenters. The molecule has 1 aliphatic rings. The number of hydrogen-bond acceptors (Lipinski definition) is 1. The third-order valence-corrected chi connectivity index (χ3v) is 2.38. The molecule has 0 aliphatic carbocycles. The highest BCUT2D eigenvalue weighted by Gasteiger charge is 2.31. The number of benzene rings is 1. The first kappa shape index (κ1) is 11.5. The van der Waals surface area contributed by atoms with Crippen molar-refractivity contribution in [1.29, 1.82) is 0 Å². The van der Waals surface area contributed by atoms with E-state index >= 15 is 0 Å². The highest BCUT2D eigenvalue weighted by atomic mass is 19.4. The van der Waals surface area contributed by atoms with E-state index in [1.165, 1.54) is 6.07 Å². The zero-order valence-electron chi connectivity index (χ0n) is 8.83. The van der Waals surface area contributed by atoms with E-state index in [0.29, 0.717) is 10.9 Å². The van der Waals surface area contributed by atoms with Crippen molar-refractivity contribution in [2.24, 2.45) is 4.99 Å². The Morgan fingerprint density at radius 2 is 2.00 bits per heavy atom. The third kappa shape index (κ3) is 2.41. The molecule has 1 nitrogen and oxygen atoms in total. The van der Waals surface area contributed by atoms with Crippen LogP contribution in [-0.4, -0.2) is 6.21 Å². The van der Waals surface area contributed by atoms with E-state index in [1.54, 1.807) is 30.9 Å². The monoisotopic (exact) mass is 236 g/mol. The fourth-order valence-electron chi connectivity index (χ4n) is 1.53. The van der Waals surface area contributed by atoms with Crippen molar-refractivity contribution < 1.29 is 13.2 Å². The summed E-state index contributed by atoms with van der Waals surface area (Å²) in [5.74, 6) is 0. The summed E-state index contributed by atoms with van der Waals surface area (Å²) in [6, 6.07) is 4.01. The lowest BCUT2D eigenvalue weighted by atomic mass is 10.1. The molecular formula is C13H9F3N+. The van der Waals surface area contributed by atoms with E-state index in [2.05, 4.69) is 11.6 Å². The lowest BCUT2D eigenvalue weighted by Gasteiger charge is -2.06. The van der Waals surface area contributed by atoms with E-state index in [1.807, 2.05) is 0 Å². The zero-order chi connectivity index (χ0) is 12.5. The van der Waals surface area contributed by atoms with Gasteiger partial charge in [-0.05, 0) is 11.3 Å². The maximum absolute atomic E-state index is 12.7. The van der Waals surface area contributed by atoms with Gasteiger partial charge in [0.2, 0.25) is 0 Å². The van der Waals surface area contributed by atoms with Gasteiger partial charge in [-0.1, -0.05) is 18.7 Å². The zero-order valence-corrected chi connectivity index (χ0v) is 8.83. The molecule has 2 rings (SSSR count). The van der Waals surface area contributed by atoms with Crippen molar-refractivity contribution >= 4 is 18.5 Å². The van der Waals surface area contributed by atoms with Gasteiger partial charge in [0.05, 0.1) is 18.1 Å². The Morgan fingerprint density at radius 1 is 1.24 bits per heavy atom. The lowest BCUT2D eigenvalue weighted by Crippen LogP contribution is -2.22. The van der Waals surface area contributed by atoms with Crippen molar-refractivity contribution in [3.63, 3.8) is 0 Å². The van der Waals surface area contributed by atoms with Gasteiger partial charge in [0.1, 0.15) is 12.3 Å². The molecule has 17 heavy (non-hydrogen) atoms. The Morgan fingerprint density at radius 3 is 2.59 bits per heavy atom. The van der Waals surface area contributed by atoms with Gasteiger partial charge in [-0.3, -0.25) is 0 Å². The van der Waals surface area contributed by atoms with Crippen molar-refractivity contribution in [3.05, 3.63) is 52.8 Å². The van der Waals surface area contributed by atoms with Gasteiger partial charge in [-0.15, -0.1) is 0 Å². The Bertz CT molecular complexity index is 580. The fourth-order valence-corrected chi connectivity index (χ4v) is 1.53. The predicted molar refractivity (Wildman–Crippen MR) is 61.6 cm³/mol. The summed E-state index contributed by atoms with van der Waals surface area (Å²) in [5, 5.41) is 0.405. The summed E-state index contributed by atoms with van der Waals surface area (Å²) in [7, 11) is 0. The molecular weight excluding hydrogens is 227 g/mol. The molecule has 0 amide bonds. The van der Waals surface area contributed by atoms with Crippen molar-refractivity contribution in [2.75, 3.05) is 0 Å². The summed E-state index contributed by atoms with van der Waals surface area (Å²) in [6.07, 6.45) is 2.26. The number of alkyl halides is 3. The Hall–Kier alpha value is -1.97. The maximum atomic E-state index is 12.7. The average molecular weight is 236 g/mol. The number of aliphatic imine (C=N–C) groups is 1. The summed E-state index contributed by atoms with van der Waals surface area (Å²) < 4.78 is 38.1. The number of halogens is 3. The molecule has 1 heterocycles. The van der Waals surface area contributed by atoms with Crippen LogP contribution in [0, 0.1) is 6.42 Å². The van der Waals surface area contributed by atoms with Crippen LogP contribution in [0.3, 0.4) is 0 Å². The summed E-state index contributed by atoms with van der Waals surface area (Å²) >= 11 is 0. The molecule has 0 aromatic heterocycles. The third-order valence-electron chi connectivity index (χ3n) is 2.38. The molecule has 0 unspecified atom stereocenters. The molecule has 0 fully saturated rings. The molecule has 0 saturated heterocycles. The number of rotatable bonds is 0. The quantitative estimate of drug-likeness (QED) is 0.611. The van der Waals surface area contributed by atoms with Crippen LogP contribution in [0.2, 0.25) is 0 Å². The minimum Gasteiger partial charge on any atom is -0.213 e. The number of dihydropyridines is 1. The van der Waals surface area contributed by atoms with Gasteiger partial charge in [-0.25, -0.2) is 4.99 Å². The van der Waals surface area contributed by atoms with Crippen molar-refractivity contribution in [2.45, 2.75) is 6.18 Å². The summed E-state index contributed by atoms with van der Waals surface area (Å²) in [5.41, 5.74) is -0.210. The Labute approximate surface area is 96.3 Å². The molecule has 0 saturated carbocycles. The predicted octanol–water partition coefficient (Wildman–Crippen LogP) is 2.07. The topological polar surface area (TPSA) is 12.4 Å². The highest BCUT2D eigenvalue weighted by molar-refractivity contribution is 5.81. The Balaban J connectivity index is 2.67. The molecule has 1 aromatic rings. The molecule has 0 radical (unpaired) electrons. The van der Waals surface area contributed by atoms with Gasteiger partial charge in [-0.2, -0.15) is 13.2 Å². The van der Waals surface area contributed by atoms with Gasteiger partial charge in [0.15, 0.2) is 5.70 Å². The molecule has 0 N–H and O–H groups in total. The Kier molecular flexibility index (Phi) is 2.79. The highest BCUT2D eigenvalue weighted by Crippen LogP contribution is 2.25. The van der Waals surface area contributed by atoms with E-state index in [0.717, 1.165) is 6.07 Å². The van der Waals surface area contributed by atoms with E-state index in [4.69, 9.17) is 0 Å². The van der Waals surface area contributed by atoms with Gasteiger partial charge in [0, 0.05) is 5.22 Å². The normalized spacial score (nSPS) is 18.1.